The first-order chi connectivity index (χ1) is 16.9. The van der Waals surface area contributed by atoms with Crippen LogP contribution in [0.4, 0.5) is 5.69 Å². The van der Waals surface area contributed by atoms with Crippen LogP contribution in [0, 0.1) is 0 Å². The van der Waals surface area contributed by atoms with Gasteiger partial charge < -0.3 is 10.2 Å². The van der Waals surface area contributed by atoms with Gasteiger partial charge in [-0.3, -0.25) is 13.9 Å². The minimum absolute atomic E-state index is 0.0208. The molecule has 1 unspecified atom stereocenters. The van der Waals surface area contributed by atoms with Crippen LogP contribution in [-0.4, -0.2) is 50.0 Å². The van der Waals surface area contributed by atoms with E-state index in [4.69, 9.17) is 46.4 Å². The number of carbonyl (C=O) groups is 2. The van der Waals surface area contributed by atoms with Gasteiger partial charge in [0, 0.05) is 22.6 Å². The van der Waals surface area contributed by atoms with Gasteiger partial charge in [-0.05, 0) is 55.7 Å². The third-order valence-electron chi connectivity index (χ3n) is 6.10. The summed E-state index contributed by atoms with van der Waals surface area (Å²) in [5, 5.41) is 4.15. The SMILES string of the molecule is CC(C(=O)NC1CCCC1)N(Cc1ccc(Cl)cc1Cl)C(=O)CN(c1ccc(Cl)c(Cl)c1)S(C)(=O)=O. The predicted octanol–water partition coefficient (Wildman–Crippen LogP) is 5.54. The zero-order valence-electron chi connectivity index (χ0n) is 19.8. The number of nitrogens with one attached hydrogen (secondary N) is 1. The van der Waals surface area contributed by atoms with Gasteiger partial charge in [-0.1, -0.05) is 65.3 Å². The molecule has 12 heteroatoms. The minimum atomic E-state index is -3.89. The number of rotatable bonds is 9. The van der Waals surface area contributed by atoms with E-state index >= 15 is 0 Å². The van der Waals surface area contributed by atoms with Gasteiger partial charge in [0.1, 0.15) is 12.6 Å². The highest BCUT2D eigenvalue weighted by atomic mass is 35.5. The summed E-state index contributed by atoms with van der Waals surface area (Å²) >= 11 is 24.4. The van der Waals surface area contributed by atoms with Gasteiger partial charge in [-0.2, -0.15) is 0 Å². The van der Waals surface area contributed by atoms with Crippen LogP contribution in [0.5, 0.6) is 0 Å². The summed E-state index contributed by atoms with van der Waals surface area (Å²) in [6, 6.07) is 8.29. The Morgan fingerprint density at radius 1 is 1.00 bits per heavy atom. The number of hydrogen-bond acceptors (Lipinski definition) is 4. The average Bonchev–Trinajstić information content (AvgIpc) is 3.30. The molecule has 3 rings (SSSR count). The van der Waals surface area contributed by atoms with Crippen molar-refractivity contribution in [2.75, 3.05) is 17.1 Å². The molecule has 0 aliphatic heterocycles. The predicted molar refractivity (Wildman–Crippen MR) is 146 cm³/mol. The van der Waals surface area contributed by atoms with E-state index in [2.05, 4.69) is 5.32 Å². The summed E-state index contributed by atoms with van der Waals surface area (Å²) in [4.78, 5) is 28.0. The lowest BCUT2D eigenvalue weighted by atomic mass is 10.1. The highest BCUT2D eigenvalue weighted by molar-refractivity contribution is 7.92. The molecule has 1 atom stereocenters. The fraction of sp³-hybridized carbons (Fsp3) is 0.417. The second kappa shape index (κ2) is 12.2. The number of nitrogens with zero attached hydrogens (tertiary/aromatic N) is 2. The van der Waals surface area contributed by atoms with Crippen molar-refractivity contribution >= 4 is 73.9 Å². The molecule has 196 valence electrons. The maximum Gasteiger partial charge on any atom is 0.244 e. The Labute approximate surface area is 231 Å². The van der Waals surface area contributed by atoms with E-state index in [1.54, 1.807) is 25.1 Å². The van der Waals surface area contributed by atoms with Gasteiger partial charge in [0.15, 0.2) is 0 Å². The Morgan fingerprint density at radius 3 is 2.25 bits per heavy atom. The van der Waals surface area contributed by atoms with Crippen LogP contribution in [0.15, 0.2) is 36.4 Å². The van der Waals surface area contributed by atoms with Gasteiger partial charge in [-0.25, -0.2) is 8.42 Å². The standard InChI is InChI=1S/C24H27Cl4N3O4S/c1-15(24(33)29-18-5-3-4-6-18)30(13-16-7-8-17(25)11-21(16)27)23(32)14-31(36(2,34)35)19-9-10-20(26)22(28)12-19/h7-12,15,18H,3-6,13-14H2,1-2H3,(H,29,33). The van der Waals surface area contributed by atoms with Gasteiger partial charge in [0.2, 0.25) is 21.8 Å². The third kappa shape index (κ3) is 7.42. The molecule has 0 heterocycles. The lowest BCUT2D eigenvalue weighted by molar-refractivity contribution is -0.139. The molecule has 2 amide bonds. The molecule has 1 fully saturated rings. The van der Waals surface area contributed by atoms with E-state index in [1.165, 1.54) is 23.1 Å². The Balaban J connectivity index is 1.92. The topological polar surface area (TPSA) is 86.8 Å². The van der Waals surface area contributed by atoms with Gasteiger partial charge in [-0.15, -0.1) is 0 Å². The fourth-order valence-corrected chi connectivity index (χ4v) is 5.66. The first kappa shape index (κ1) is 28.9. The Bertz CT molecular complexity index is 1240. The number of hydrogen-bond donors (Lipinski definition) is 1. The van der Waals surface area contributed by atoms with Crippen LogP contribution >= 0.6 is 46.4 Å². The minimum Gasteiger partial charge on any atom is -0.352 e. The first-order valence-electron chi connectivity index (χ1n) is 11.3. The lowest BCUT2D eigenvalue weighted by Gasteiger charge is -2.32. The van der Waals surface area contributed by atoms with Crippen molar-refractivity contribution in [3.05, 3.63) is 62.1 Å². The fourth-order valence-electron chi connectivity index (χ4n) is 4.06. The summed E-state index contributed by atoms with van der Waals surface area (Å²) in [5.41, 5.74) is 0.739. The van der Waals surface area contributed by atoms with Gasteiger partial charge >= 0.3 is 0 Å². The zero-order valence-corrected chi connectivity index (χ0v) is 23.6. The molecular weight excluding hydrogens is 568 g/mol. The lowest BCUT2D eigenvalue weighted by Crippen LogP contribution is -2.52. The van der Waals surface area contributed by atoms with Crippen molar-refractivity contribution in [2.24, 2.45) is 0 Å². The van der Waals surface area contributed by atoms with Crippen molar-refractivity contribution in [1.82, 2.24) is 10.2 Å². The first-order valence-corrected chi connectivity index (χ1v) is 14.7. The molecule has 1 aliphatic carbocycles. The molecule has 2 aromatic carbocycles. The van der Waals surface area contributed by atoms with E-state index in [0.717, 1.165) is 36.2 Å². The third-order valence-corrected chi connectivity index (χ3v) is 8.56. The maximum absolute atomic E-state index is 13.6. The number of amides is 2. The Kier molecular flexibility index (Phi) is 9.80. The number of halogens is 4. The molecule has 0 bridgehead atoms. The highest BCUT2D eigenvalue weighted by Crippen LogP contribution is 2.29. The quantitative estimate of drug-likeness (QED) is 0.413. The Hall–Kier alpha value is -1.71. The smallest absolute Gasteiger partial charge is 0.244 e. The summed E-state index contributed by atoms with van der Waals surface area (Å²) in [7, 11) is -3.89. The van der Waals surface area contributed by atoms with Crippen molar-refractivity contribution in [1.29, 1.82) is 0 Å². The average molecular weight is 595 g/mol. The van der Waals surface area contributed by atoms with E-state index in [9.17, 15) is 18.0 Å². The van der Waals surface area contributed by atoms with Gasteiger partial charge in [0.05, 0.1) is 22.0 Å². The van der Waals surface area contributed by atoms with Gasteiger partial charge in [0.25, 0.3) is 0 Å². The summed E-state index contributed by atoms with van der Waals surface area (Å²) < 4.78 is 26.2. The van der Waals surface area contributed by atoms with Crippen molar-refractivity contribution in [3.63, 3.8) is 0 Å². The molecule has 0 saturated heterocycles. The van der Waals surface area contributed by atoms with E-state index in [1.807, 2.05) is 0 Å². The monoisotopic (exact) mass is 593 g/mol. The molecule has 36 heavy (non-hydrogen) atoms. The number of sulfonamides is 1. The Morgan fingerprint density at radius 2 is 1.67 bits per heavy atom. The zero-order chi connectivity index (χ0) is 26.6. The van der Waals surface area contributed by atoms with Crippen LogP contribution in [0.1, 0.15) is 38.2 Å². The number of anilines is 1. The molecule has 1 saturated carbocycles. The maximum atomic E-state index is 13.6. The molecule has 7 nitrogen and oxygen atoms in total. The van der Waals surface area contributed by atoms with Crippen LogP contribution < -0.4 is 9.62 Å². The van der Waals surface area contributed by atoms with Crippen LogP contribution in [-0.2, 0) is 26.2 Å². The molecule has 2 aromatic rings. The van der Waals surface area contributed by atoms with E-state index in [-0.39, 0.29) is 34.2 Å². The van der Waals surface area contributed by atoms with E-state index in [0.29, 0.717) is 15.6 Å². The second-order valence-corrected chi connectivity index (χ2v) is 12.4. The normalized spacial score (nSPS) is 14.9. The molecular formula is C24H27Cl4N3O4S. The molecule has 1 aliphatic rings. The van der Waals surface area contributed by atoms with Crippen LogP contribution in [0.3, 0.4) is 0 Å². The number of carbonyl (C=O) groups excluding carboxylic acids is 2. The summed E-state index contributed by atoms with van der Waals surface area (Å²) in [6.07, 6.45) is 4.83. The molecule has 1 N–H and O–H groups in total. The molecule has 0 spiro atoms. The summed E-state index contributed by atoms with van der Waals surface area (Å²) in [5.74, 6) is -0.910. The van der Waals surface area contributed by atoms with Crippen molar-refractivity contribution in [3.8, 4) is 0 Å². The highest BCUT2D eigenvalue weighted by Gasteiger charge is 2.32. The largest absolute Gasteiger partial charge is 0.352 e. The second-order valence-electron chi connectivity index (χ2n) is 8.79. The molecule has 0 radical (unpaired) electrons. The summed E-state index contributed by atoms with van der Waals surface area (Å²) in [6.45, 7) is 1.03. The van der Waals surface area contributed by atoms with E-state index < -0.39 is 28.5 Å². The molecule has 0 aromatic heterocycles. The van der Waals surface area contributed by atoms with Crippen LogP contribution in [0.25, 0.3) is 0 Å². The van der Waals surface area contributed by atoms with Crippen molar-refractivity contribution < 1.29 is 18.0 Å². The number of benzene rings is 2. The van der Waals surface area contributed by atoms with Crippen LogP contribution in [0.2, 0.25) is 20.1 Å². The van der Waals surface area contributed by atoms with Crippen molar-refractivity contribution in [2.45, 2.75) is 51.2 Å².